The summed E-state index contributed by atoms with van der Waals surface area (Å²) in [5, 5.41) is 0.811. The summed E-state index contributed by atoms with van der Waals surface area (Å²) >= 11 is 6.01. The minimum atomic E-state index is 0.231. The lowest BCUT2D eigenvalue weighted by Gasteiger charge is -2.34. The van der Waals surface area contributed by atoms with Gasteiger partial charge in [-0.1, -0.05) is 56.6 Å². The second-order valence-corrected chi connectivity index (χ2v) is 8.52. The average Bonchev–Trinajstić information content (AvgIpc) is 2.55. The standard InChI is InChI=1S/C22H28ClN/c1-22(2,3)19-8-6-17(7-9-19)15-18-5-4-14-24(16-18)21-12-10-20(23)11-13-21/h6-13,18H,4-5,14-16H2,1-3H3. The minimum Gasteiger partial charge on any atom is -0.371 e. The molecule has 0 amide bonds. The molecule has 1 unspecified atom stereocenters. The molecule has 1 saturated heterocycles. The molecule has 1 aliphatic rings. The van der Waals surface area contributed by atoms with Crippen LogP contribution in [0.4, 0.5) is 5.69 Å². The maximum Gasteiger partial charge on any atom is 0.0407 e. The van der Waals surface area contributed by atoms with Gasteiger partial charge >= 0.3 is 0 Å². The van der Waals surface area contributed by atoms with Crippen LogP contribution in [0.3, 0.4) is 0 Å². The Bertz CT molecular complexity index is 652. The van der Waals surface area contributed by atoms with E-state index in [2.05, 4.69) is 62.1 Å². The number of rotatable bonds is 3. The molecule has 1 fully saturated rings. The predicted molar refractivity (Wildman–Crippen MR) is 105 cm³/mol. The zero-order valence-electron chi connectivity index (χ0n) is 15.1. The largest absolute Gasteiger partial charge is 0.371 e. The maximum atomic E-state index is 6.01. The fourth-order valence-corrected chi connectivity index (χ4v) is 3.72. The lowest BCUT2D eigenvalue weighted by atomic mass is 9.85. The first-order valence-electron chi connectivity index (χ1n) is 9.02. The molecule has 1 aliphatic heterocycles. The fraction of sp³-hybridized carbons (Fsp3) is 0.455. The van der Waals surface area contributed by atoms with E-state index in [0.717, 1.165) is 24.0 Å². The van der Waals surface area contributed by atoms with Gasteiger partial charge in [0.05, 0.1) is 0 Å². The van der Waals surface area contributed by atoms with Crippen LogP contribution in [0, 0.1) is 5.92 Å². The summed E-state index contributed by atoms with van der Waals surface area (Å²) in [5.41, 5.74) is 4.41. The fourth-order valence-electron chi connectivity index (χ4n) is 3.59. The molecule has 1 nitrogen and oxygen atoms in total. The van der Waals surface area contributed by atoms with Crippen LogP contribution >= 0.6 is 11.6 Å². The van der Waals surface area contributed by atoms with Gasteiger partial charge in [-0.2, -0.15) is 0 Å². The Kier molecular flexibility index (Phi) is 5.20. The Morgan fingerprint density at radius 1 is 1.00 bits per heavy atom. The van der Waals surface area contributed by atoms with Crippen molar-refractivity contribution in [3.05, 3.63) is 64.7 Å². The molecule has 0 spiro atoms. The molecule has 0 aromatic heterocycles. The highest BCUT2D eigenvalue weighted by molar-refractivity contribution is 6.30. The number of anilines is 1. The van der Waals surface area contributed by atoms with Gasteiger partial charge in [0.15, 0.2) is 0 Å². The maximum absolute atomic E-state index is 6.01. The quantitative estimate of drug-likeness (QED) is 0.652. The first-order chi connectivity index (χ1) is 11.4. The molecule has 0 bridgehead atoms. The van der Waals surface area contributed by atoms with Crippen molar-refractivity contribution in [3.63, 3.8) is 0 Å². The number of hydrogen-bond donors (Lipinski definition) is 0. The zero-order chi connectivity index (χ0) is 17.2. The summed E-state index contributed by atoms with van der Waals surface area (Å²) in [7, 11) is 0. The molecule has 0 saturated carbocycles. The first-order valence-corrected chi connectivity index (χ1v) is 9.39. The Morgan fingerprint density at radius 3 is 2.29 bits per heavy atom. The van der Waals surface area contributed by atoms with E-state index >= 15 is 0 Å². The van der Waals surface area contributed by atoms with Crippen molar-refractivity contribution >= 4 is 17.3 Å². The van der Waals surface area contributed by atoms with Crippen molar-refractivity contribution in [1.29, 1.82) is 0 Å². The third kappa shape index (κ3) is 4.33. The van der Waals surface area contributed by atoms with Crippen LogP contribution in [0.1, 0.15) is 44.7 Å². The number of benzene rings is 2. The van der Waals surface area contributed by atoms with E-state index in [-0.39, 0.29) is 5.41 Å². The van der Waals surface area contributed by atoms with Crippen LogP contribution in [-0.2, 0) is 11.8 Å². The van der Waals surface area contributed by atoms with Crippen molar-refractivity contribution in [2.24, 2.45) is 5.92 Å². The summed E-state index contributed by atoms with van der Waals surface area (Å²) in [5.74, 6) is 0.731. The van der Waals surface area contributed by atoms with Crippen molar-refractivity contribution < 1.29 is 0 Å². The van der Waals surface area contributed by atoms with Crippen LogP contribution in [0.25, 0.3) is 0 Å². The molecule has 0 N–H and O–H groups in total. The summed E-state index contributed by atoms with van der Waals surface area (Å²) < 4.78 is 0. The highest BCUT2D eigenvalue weighted by Crippen LogP contribution is 2.28. The van der Waals surface area contributed by atoms with Gasteiger partial charge in [0.25, 0.3) is 0 Å². The van der Waals surface area contributed by atoms with Gasteiger partial charge in [-0.3, -0.25) is 0 Å². The topological polar surface area (TPSA) is 3.24 Å². The molecule has 0 radical (unpaired) electrons. The Hall–Kier alpha value is -1.47. The molecule has 2 aromatic carbocycles. The van der Waals surface area contributed by atoms with E-state index < -0.39 is 0 Å². The highest BCUT2D eigenvalue weighted by atomic mass is 35.5. The van der Waals surface area contributed by atoms with E-state index in [4.69, 9.17) is 11.6 Å². The second kappa shape index (κ2) is 7.19. The molecular weight excluding hydrogens is 314 g/mol. The summed E-state index contributed by atoms with van der Waals surface area (Å²) in [6.07, 6.45) is 3.77. The van der Waals surface area contributed by atoms with E-state index in [0.29, 0.717) is 0 Å². The Labute approximate surface area is 151 Å². The third-order valence-electron chi connectivity index (χ3n) is 5.06. The van der Waals surface area contributed by atoms with Crippen LogP contribution in [0.5, 0.6) is 0 Å². The molecule has 1 atom stereocenters. The van der Waals surface area contributed by atoms with Crippen molar-refractivity contribution in [3.8, 4) is 0 Å². The minimum absolute atomic E-state index is 0.231. The number of piperidine rings is 1. The SMILES string of the molecule is CC(C)(C)c1ccc(CC2CCCN(c3ccc(Cl)cc3)C2)cc1. The molecule has 128 valence electrons. The molecule has 2 heteroatoms. The van der Waals surface area contributed by atoms with Gasteiger partial charge < -0.3 is 4.90 Å². The van der Waals surface area contributed by atoms with Gasteiger partial charge in [-0.15, -0.1) is 0 Å². The van der Waals surface area contributed by atoms with Gasteiger partial charge in [0.1, 0.15) is 0 Å². The number of hydrogen-bond acceptors (Lipinski definition) is 1. The second-order valence-electron chi connectivity index (χ2n) is 8.08. The summed E-state index contributed by atoms with van der Waals surface area (Å²) in [6.45, 7) is 9.11. The van der Waals surface area contributed by atoms with Crippen molar-refractivity contribution in [2.45, 2.75) is 45.4 Å². The number of nitrogens with zero attached hydrogens (tertiary/aromatic N) is 1. The van der Waals surface area contributed by atoms with Crippen LogP contribution < -0.4 is 4.90 Å². The predicted octanol–water partition coefficient (Wildman–Crippen LogP) is 6.10. The lowest BCUT2D eigenvalue weighted by molar-refractivity contribution is 0.413. The molecule has 0 aliphatic carbocycles. The smallest absolute Gasteiger partial charge is 0.0407 e. The zero-order valence-corrected chi connectivity index (χ0v) is 15.8. The third-order valence-corrected chi connectivity index (χ3v) is 5.31. The first kappa shape index (κ1) is 17.4. The Morgan fingerprint density at radius 2 is 1.67 bits per heavy atom. The molecule has 2 aromatic rings. The van der Waals surface area contributed by atoms with Crippen LogP contribution in [0.2, 0.25) is 5.02 Å². The summed E-state index contributed by atoms with van der Waals surface area (Å²) in [4.78, 5) is 2.51. The Balaban J connectivity index is 1.64. The summed E-state index contributed by atoms with van der Waals surface area (Å²) in [6, 6.07) is 17.5. The average molecular weight is 342 g/mol. The van der Waals surface area contributed by atoms with Crippen LogP contribution in [-0.4, -0.2) is 13.1 Å². The van der Waals surface area contributed by atoms with Gasteiger partial charge in [-0.25, -0.2) is 0 Å². The molecular formula is C22H28ClN. The van der Waals surface area contributed by atoms with Crippen LogP contribution in [0.15, 0.2) is 48.5 Å². The van der Waals surface area contributed by atoms with Gasteiger partial charge in [-0.05, 0) is 66.0 Å². The molecule has 24 heavy (non-hydrogen) atoms. The molecule has 3 rings (SSSR count). The molecule has 1 heterocycles. The van der Waals surface area contributed by atoms with E-state index in [9.17, 15) is 0 Å². The van der Waals surface area contributed by atoms with Crippen molar-refractivity contribution in [1.82, 2.24) is 0 Å². The lowest BCUT2D eigenvalue weighted by Crippen LogP contribution is -2.36. The van der Waals surface area contributed by atoms with E-state index in [1.54, 1.807) is 0 Å². The monoisotopic (exact) mass is 341 g/mol. The normalized spacial score (nSPS) is 18.7. The van der Waals surface area contributed by atoms with Gasteiger partial charge in [0, 0.05) is 23.8 Å². The van der Waals surface area contributed by atoms with Gasteiger partial charge in [0.2, 0.25) is 0 Å². The van der Waals surface area contributed by atoms with E-state index in [1.807, 2.05) is 12.1 Å². The van der Waals surface area contributed by atoms with Crippen molar-refractivity contribution in [2.75, 3.05) is 18.0 Å². The number of halogens is 1. The highest BCUT2D eigenvalue weighted by Gasteiger charge is 2.21. The van der Waals surface area contributed by atoms with E-state index in [1.165, 1.54) is 36.1 Å².